The first-order valence-electron chi connectivity index (χ1n) is 10.9. The van der Waals surface area contributed by atoms with Crippen molar-refractivity contribution in [2.24, 2.45) is 7.05 Å². The van der Waals surface area contributed by atoms with Gasteiger partial charge in [-0.05, 0) is 31.2 Å². The number of piperazine rings is 1. The summed E-state index contributed by atoms with van der Waals surface area (Å²) in [4.78, 5) is 25.2. The summed E-state index contributed by atoms with van der Waals surface area (Å²) in [5.74, 6) is 0.504. The molecule has 1 aliphatic heterocycles. The van der Waals surface area contributed by atoms with Crippen LogP contribution in [0.15, 0.2) is 59.7 Å². The van der Waals surface area contributed by atoms with Gasteiger partial charge in [0.1, 0.15) is 11.6 Å². The molecule has 0 spiro atoms. The van der Waals surface area contributed by atoms with Crippen LogP contribution in [-0.4, -0.2) is 50.5 Å². The molecule has 0 saturated carbocycles. The summed E-state index contributed by atoms with van der Waals surface area (Å²) >= 11 is 0. The van der Waals surface area contributed by atoms with Crippen LogP contribution in [0.4, 0.5) is 20.5 Å². The lowest BCUT2D eigenvalue weighted by Crippen LogP contribution is -2.48. The number of hydrogen-bond donors (Lipinski definition) is 0. The van der Waals surface area contributed by atoms with Gasteiger partial charge in [-0.1, -0.05) is 6.07 Å². The minimum Gasteiger partial charge on any atom is -0.353 e. The molecule has 0 aliphatic carbocycles. The maximum Gasteiger partial charge on any atom is 0.255 e. The lowest BCUT2D eigenvalue weighted by molar-refractivity contribution is 0.606. The largest absolute Gasteiger partial charge is 0.353 e. The average Bonchev–Trinajstić information content (AvgIpc) is 3.23. The second-order valence-electron chi connectivity index (χ2n) is 8.20. The molecule has 4 aromatic rings. The lowest BCUT2D eigenvalue weighted by Gasteiger charge is -2.37. The van der Waals surface area contributed by atoms with Gasteiger partial charge >= 0.3 is 0 Å². The van der Waals surface area contributed by atoms with Crippen LogP contribution < -0.4 is 15.4 Å². The van der Waals surface area contributed by atoms with Crippen molar-refractivity contribution in [2.75, 3.05) is 36.0 Å². The Kier molecular flexibility index (Phi) is 5.56. The summed E-state index contributed by atoms with van der Waals surface area (Å²) in [6, 6.07) is 11.2. The Morgan fingerprint density at radius 2 is 1.74 bits per heavy atom. The Morgan fingerprint density at radius 1 is 0.971 bits per heavy atom. The highest BCUT2D eigenvalue weighted by Crippen LogP contribution is 2.25. The fourth-order valence-corrected chi connectivity index (χ4v) is 4.18. The minimum absolute atomic E-state index is 0.238. The second-order valence-corrected chi connectivity index (χ2v) is 8.20. The van der Waals surface area contributed by atoms with Crippen molar-refractivity contribution >= 4 is 11.8 Å². The SMILES string of the molecule is Cc1cc(N2CCN(c3nc(-c4ccncc4F)cc(=O)n3C)CC2)n(-c2cccc(F)c2)n1. The molecule has 5 rings (SSSR count). The average molecular weight is 463 g/mol. The molecule has 3 aromatic heterocycles. The molecule has 0 unspecified atom stereocenters. The molecule has 0 amide bonds. The number of aryl methyl sites for hydroxylation is 1. The topological polar surface area (TPSA) is 72.1 Å². The molecule has 0 bridgehead atoms. The van der Waals surface area contributed by atoms with E-state index in [-0.39, 0.29) is 22.6 Å². The van der Waals surface area contributed by atoms with Gasteiger partial charge in [-0.25, -0.2) is 18.4 Å². The van der Waals surface area contributed by atoms with E-state index in [0.717, 1.165) is 17.7 Å². The van der Waals surface area contributed by atoms with Crippen LogP contribution in [0, 0.1) is 18.6 Å². The van der Waals surface area contributed by atoms with E-state index in [1.54, 1.807) is 17.8 Å². The van der Waals surface area contributed by atoms with Crippen molar-refractivity contribution in [1.29, 1.82) is 0 Å². The summed E-state index contributed by atoms with van der Waals surface area (Å²) < 4.78 is 31.3. The van der Waals surface area contributed by atoms with E-state index in [0.29, 0.717) is 37.8 Å². The summed E-state index contributed by atoms with van der Waals surface area (Å²) in [5.41, 5.74) is 1.74. The molecule has 1 aliphatic rings. The van der Waals surface area contributed by atoms with Gasteiger partial charge in [0.15, 0.2) is 5.82 Å². The molecule has 1 saturated heterocycles. The van der Waals surface area contributed by atoms with Gasteiger partial charge in [0, 0.05) is 57.1 Å². The Morgan fingerprint density at radius 3 is 2.47 bits per heavy atom. The number of hydrogen-bond acceptors (Lipinski definition) is 6. The second kappa shape index (κ2) is 8.69. The van der Waals surface area contributed by atoms with E-state index in [9.17, 15) is 13.6 Å². The Balaban J connectivity index is 1.41. The maximum atomic E-state index is 14.3. The zero-order chi connectivity index (χ0) is 23.8. The van der Waals surface area contributed by atoms with Crippen LogP contribution in [0.1, 0.15) is 5.69 Å². The predicted octanol–water partition coefficient (Wildman–Crippen LogP) is 2.94. The fourth-order valence-electron chi connectivity index (χ4n) is 4.18. The highest BCUT2D eigenvalue weighted by Gasteiger charge is 2.24. The summed E-state index contributed by atoms with van der Waals surface area (Å²) in [6.07, 6.45) is 2.58. The van der Waals surface area contributed by atoms with E-state index < -0.39 is 5.82 Å². The van der Waals surface area contributed by atoms with Crippen molar-refractivity contribution < 1.29 is 8.78 Å². The molecule has 4 heterocycles. The van der Waals surface area contributed by atoms with Gasteiger partial charge in [-0.3, -0.25) is 14.3 Å². The molecular weight excluding hydrogens is 440 g/mol. The van der Waals surface area contributed by atoms with Gasteiger partial charge in [-0.2, -0.15) is 5.10 Å². The van der Waals surface area contributed by atoms with Gasteiger partial charge < -0.3 is 9.80 Å². The van der Waals surface area contributed by atoms with Crippen molar-refractivity contribution in [3.8, 4) is 16.9 Å². The summed E-state index contributed by atoms with van der Waals surface area (Å²) in [7, 11) is 1.66. The quantitative estimate of drug-likeness (QED) is 0.464. The number of benzene rings is 1. The molecule has 0 atom stereocenters. The lowest BCUT2D eigenvalue weighted by atomic mass is 10.2. The molecule has 0 radical (unpaired) electrons. The number of pyridine rings is 1. The molecule has 10 heteroatoms. The van der Waals surface area contributed by atoms with E-state index in [1.807, 2.05) is 24.0 Å². The van der Waals surface area contributed by atoms with Gasteiger partial charge in [0.2, 0.25) is 5.95 Å². The van der Waals surface area contributed by atoms with E-state index >= 15 is 0 Å². The molecule has 0 N–H and O–H groups in total. The first-order valence-corrected chi connectivity index (χ1v) is 10.9. The maximum absolute atomic E-state index is 14.3. The molecular formula is C24H23F2N7O. The van der Waals surface area contributed by atoms with Crippen LogP contribution in [0.2, 0.25) is 0 Å². The number of halogens is 2. The number of nitrogens with zero attached hydrogens (tertiary/aromatic N) is 7. The van der Waals surface area contributed by atoms with Crippen molar-refractivity contribution in [3.05, 3.63) is 82.5 Å². The van der Waals surface area contributed by atoms with E-state index in [4.69, 9.17) is 0 Å². The van der Waals surface area contributed by atoms with Gasteiger partial charge in [-0.15, -0.1) is 0 Å². The Labute approximate surface area is 194 Å². The van der Waals surface area contributed by atoms with Crippen molar-refractivity contribution in [1.82, 2.24) is 24.3 Å². The van der Waals surface area contributed by atoms with Crippen LogP contribution in [0.5, 0.6) is 0 Å². The first kappa shape index (κ1) is 21.7. The molecule has 34 heavy (non-hydrogen) atoms. The number of anilines is 2. The third-order valence-electron chi connectivity index (χ3n) is 5.91. The third-order valence-corrected chi connectivity index (χ3v) is 5.91. The molecule has 8 nitrogen and oxygen atoms in total. The monoisotopic (exact) mass is 463 g/mol. The van der Waals surface area contributed by atoms with Gasteiger partial charge in [0.05, 0.1) is 23.3 Å². The number of rotatable bonds is 4. The standard InChI is InChI=1S/C24H23F2N7O/c1-16-12-22(33(29-16)18-5-3-4-17(25)13-18)31-8-10-32(11-9-31)24-28-21(14-23(34)30(24)2)19-6-7-27-15-20(19)26/h3-7,12-15H,8-11H2,1-2H3. The zero-order valence-corrected chi connectivity index (χ0v) is 18.8. The highest BCUT2D eigenvalue weighted by molar-refractivity contribution is 5.60. The van der Waals surface area contributed by atoms with Gasteiger partial charge in [0.25, 0.3) is 5.56 Å². The predicted molar refractivity (Wildman–Crippen MR) is 125 cm³/mol. The van der Waals surface area contributed by atoms with Crippen LogP contribution in [0.3, 0.4) is 0 Å². The number of aromatic nitrogens is 5. The third kappa shape index (κ3) is 4.02. The van der Waals surface area contributed by atoms with Crippen LogP contribution >= 0.6 is 0 Å². The molecule has 1 aromatic carbocycles. The summed E-state index contributed by atoms with van der Waals surface area (Å²) in [5, 5.41) is 4.55. The minimum atomic E-state index is -0.528. The van der Waals surface area contributed by atoms with E-state index in [1.165, 1.54) is 35.0 Å². The van der Waals surface area contributed by atoms with Crippen molar-refractivity contribution in [3.63, 3.8) is 0 Å². The normalized spacial score (nSPS) is 14.0. The van der Waals surface area contributed by atoms with E-state index in [2.05, 4.69) is 20.0 Å². The fraction of sp³-hybridized carbons (Fsp3) is 0.250. The van der Waals surface area contributed by atoms with Crippen molar-refractivity contribution in [2.45, 2.75) is 6.92 Å². The molecule has 174 valence electrons. The molecule has 1 fully saturated rings. The summed E-state index contributed by atoms with van der Waals surface area (Å²) in [6.45, 7) is 4.37. The van der Waals surface area contributed by atoms with Crippen LogP contribution in [0.25, 0.3) is 16.9 Å². The zero-order valence-electron chi connectivity index (χ0n) is 18.8. The van der Waals surface area contributed by atoms with Crippen LogP contribution in [-0.2, 0) is 7.05 Å². The first-order chi connectivity index (χ1) is 16.4. The highest BCUT2D eigenvalue weighted by atomic mass is 19.1. The Bertz CT molecular complexity index is 1410. The smallest absolute Gasteiger partial charge is 0.255 e. The Hall–Kier alpha value is -4.08.